The Kier molecular flexibility index (Phi) is 3.92. The van der Waals surface area contributed by atoms with Gasteiger partial charge in [0.05, 0.1) is 0 Å². The van der Waals surface area contributed by atoms with Gasteiger partial charge in [-0.15, -0.1) is 0 Å². The van der Waals surface area contributed by atoms with Crippen LogP contribution in [0.4, 0.5) is 0 Å². The first-order chi connectivity index (χ1) is 7.37. The molecule has 0 aliphatic carbocycles. The fraction of sp³-hybridized carbons (Fsp3) is 0.615. The van der Waals surface area contributed by atoms with Crippen LogP contribution >= 0.6 is 0 Å². The maximum Gasteiger partial charge on any atom is 0.333 e. The zero-order valence-electron chi connectivity index (χ0n) is 10.5. The van der Waals surface area contributed by atoms with Crippen molar-refractivity contribution in [1.29, 1.82) is 0 Å². The molecule has 1 heterocycles. The first-order valence-electron chi connectivity index (χ1n) is 5.61. The second-order valence-electron chi connectivity index (χ2n) is 4.75. The fourth-order valence-electron chi connectivity index (χ4n) is 1.86. The molecule has 0 N–H and O–H groups in total. The molecule has 0 spiro atoms. The summed E-state index contributed by atoms with van der Waals surface area (Å²) in [4.78, 5) is 13.9. The smallest absolute Gasteiger partial charge is 0.333 e. The van der Waals surface area contributed by atoms with Crippen LogP contribution in [0.2, 0.25) is 0 Å². The highest BCUT2D eigenvalue weighted by atomic mass is 16.6. The predicted molar refractivity (Wildman–Crippen MR) is 65.2 cm³/mol. The van der Waals surface area contributed by atoms with Gasteiger partial charge in [-0.3, -0.25) is 0 Å². The van der Waals surface area contributed by atoms with Crippen molar-refractivity contribution >= 4 is 5.97 Å². The molecule has 0 aromatic rings. The van der Waals surface area contributed by atoms with Crippen LogP contribution in [-0.2, 0) is 9.53 Å². The van der Waals surface area contributed by atoms with Gasteiger partial charge in [0.15, 0.2) is 0 Å². The summed E-state index contributed by atoms with van der Waals surface area (Å²) in [7, 11) is 2.07. The monoisotopic (exact) mass is 223 g/mol. The highest BCUT2D eigenvalue weighted by Gasteiger charge is 2.38. The van der Waals surface area contributed by atoms with Gasteiger partial charge in [0.25, 0.3) is 0 Å². The molecule has 0 bridgehead atoms. The van der Waals surface area contributed by atoms with Crippen molar-refractivity contribution in [2.24, 2.45) is 0 Å². The molecule has 0 aromatic heterocycles. The van der Waals surface area contributed by atoms with E-state index in [9.17, 15) is 4.79 Å². The minimum absolute atomic E-state index is 0.312. The average Bonchev–Trinajstić information content (AvgIpc) is 2.21. The van der Waals surface area contributed by atoms with Crippen molar-refractivity contribution in [2.75, 3.05) is 20.1 Å². The molecular formula is C13H21NO2. The van der Waals surface area contributed by atoms with Crippen LogP contribution in [0.5, 0.6) is 0 Å². The molecule has 1 fully saturated rings. The van der Waals surface area contributed by atoms with E-state index in [1.807, 2.05) is 6.92 Å². The molecule has 3 nitrogen and oxygen atoms in total. The lowest BCUT2D eigenvalue weighted by atomic mass is 9.85. The van der Waals surface area contributed by atoms with E-state index >= 15 is 0 Å². The number of rotatable bonds is 3. The first kappa shape index (κ1) is 13.0. The molecule has 0 unspecified atom stereocenters. The van der Waals surface area contributed by atoms with Gasteiger partial charge < -0.3 is 9.64 Å². The van der Waals surface area contributed by atoms with E-state index in [0.717, 1.165) is 31.5 Å². The molecule has 0 atom stereocenters. The Morgan fingerprint density at radius 3 is 2.12 bits per heavy atom. The van der Waals surface area contributed by atoms with Crippen LogP contribution in [0.15, 0.2) is 24.3 Å². The number of hydrogen-bond donors (Lipinski definition) is 0. The summed E-state index contributed by atoms with van der Waals surface area (Å²) in [6.45, 7) is 13.0. The Balaban J connectivity index is 2.78. The third-order valence-electron chi connectivity index (χ3n) is 3.21. The summed E-state index contributed by atoms with van der Waals surface area (Å²) in [5.41, 5.74) is 0.887. The van der Waals surface area contributed by atoms with Gasteiger partial charge in [-0.1, -0.05) is 13.2 Å². The molecule has 16 heavy (non-hydrogen) atoms. The maximum absolute atomic E-state index is 11.6. The Morgan fingerprint density at radius 1 is 1.25 bits per heavy atom. The summed E-state index contributed by atoms with van der Waals surface area (Å²) < 4.78 is 5.59. The minimum atomic E-state index is -0.484. The number of nitrogens with zero attached hydrogens (tertiary/aromatic N) is 1. The molecule has 1 aliphatic heterocycles. The van der Waals surface area contributed by atoms with Gasteiger partial charge >= 0.3 is 5.97 Å². The van der Waals surface area contributed by atoms with E-state index in [2.05, 4.69) is 25.1 Å². The van der Waals surface area contributed by atoms with Gasteiger partial charge in [0.2, 0.25) is 0 Å². The summed E-state index contributed by atoms with van der Waals surface area (Å²) in [6, 6.07) is 0. The summed E-state index contributed by atoms with van der Waals surface area (Å²) in [5, 5.41) is 0. The van der Waals surface area contributed by atoms with Crippen LogP contribution < -0.4 is 0 Å². The SMILES string of the molecule is C=C(C)C(=O)OC1(C(=C)C)CCN(C)CC1. The lowest BCUT2D eigenvalue weighted by Crippen LogP contribution is -2.46. The fourth-order valence-corrected chi connectivity index (χ4v) is 1.86. The Morgan fingerprint density at radius 2 is 1.75 bits per heavy atom. The minimum Gasteiger partial charge on any atom is -0.451 e. The Labute approximate surface area is 97.8 Å². The topological polar surface area (TPSA) is 29.5 Å². The van der Waals surface area contributed by atoms with Crippen LogP contribution in [0, 0.1) is 0 Å². The number of carbonyl (C=O) groups is 1. The molecule has 1 rings (SSSR count). The Bertz CT molecular complexity index is 312. The molecule has 90 valence electrons. The summed E-state index contributed by atoms with van der Waals surface area (Å²) in [6.07, 6.45) is 1.63. The number of carbonyl (C=O) groups excluding carboxylic acids is 1. The molecule has 1 aliphatic rings. The first-order valence-corrected chi connectivity index (χ1v) is 5.61. The molecule has 1 saturated heterocycles. The van der Waals surface area contributed by atoms with Gasteiger partial charge in [0, 0.05) is 31.5 Å². The number of hydrogen-bond acceptors (Lipinski definition) is 3. The van der Waals surface area contributed by atoms with E-state index in [1.165, 1.54) is 0 Å². The van der Waals surface area contributed by atoms with Crippen LogP contribution in [-0.4, -0.2) is 36.6 Å². The van der Waals surface area contributed by atoms with Crippen molar-refractivity contribution in [2.45, 2.75) is 32.3 Å². The van der Waals surface area contributed by atoms with Crippen molar-refractivity contribution < 1.29 is 9.53 Å². The second-order valence-corrected chi connectivity index (χ2v) is 4.75. The molecule has 0 amide bonds. The van der Waals surface area contributed by atoms with Crippen molar-refractivity contribution in [3.63, 3.8) is 0 Å². The zero-order chi connectivity index (χ0) is 12.3. The highest BCUT2D eigenvalue weighted by molar-refractivity contribution is 5.87. The van der Waals surface area contributed by atoms with E-state index < -0.39 is 5.60 Å². The molecule has 3 heteroatoms. The summed E-state index contributed by atoms with van der Waals surface area (Å²) >= 11 is 0. The number of likely N-dealkylation sites (tertiary alicyclic amines) is 1. The second kappa shape index (κ2) is 4.83. The van der Waals surface area contributed by atoms with Crippen LogP contribution in [0.1, 0.15) is 26.7 Å². The van der Waals surface area contributed by atoms with E-state index in [0.29, 0.717) is 5.57 Å². The highest BCUT2D eigenvalue weighted by Crippen LogP contribution is 2.32. The quantitative estimate of drug-likeness (QED) is 0.417. The molecular weight excluding hydrogens is 202 g/mol. The van der Waals surface area contributed by atoms with E-state index in [-0.39, 0.29) is 5.97 Å². The van der Waals surface area contributed by atoms with Crippen molar-refractivity contribution in [3.05, 3.63) is 24.3 Å². The molecule has 0 saturated carbocycles. The zero-order valence-corrected chi connectivity index (χ0v) is 10.5. The predicted octanol–water partition coefficient (Wildman–Crippen LogP) is 2.15. The van der Waals surface area contributed by atoms with Gasteiger partial charge in [-0.25, -0.2) is 4.79 Å². The number of ether oxygens (including phenoxy) is 1. The lowest BCUT2D eigenvalue weighted by Gasteiger charge is -2.40. The Hall–Kier alpha value is -1.09. The van der Waals surface area contributed by atoms with Gasteiger partial charge in [-0.2, -0.15) is 0 Å². The number of piperidine rings is 1. The lowest BCUT2D eigenvalue weighted by molar-refractivity contribution is -0.154. The third kappa shape index (κ3) is 2.73. The third-order valence-corrected chi connectivity index (χ3v) is 3.21. The van der Waals surface area contributed by atoms with Crippen molar-refractivity contribution in [1.82, 2.24) is 4.90 Å². The maximum atomic E-state index is 11.6. The summed E-state index contributed by atoms with van der Waals surface area (Å²) in [5.74, 6) is -0.312. The standard InChI is InChI=1S/C13H21NO2/c1-10(2)12(15)16-13(11(3)4)6-8-14(5)9-7-13/h1,3,6-9H2,2,4-5H3. The number of esters is 1. The largest absolute Gasteiger partial charge is 0.451 e. The average molecular weight is 223 g/mol. The van der Waals surface area contributed by atoms with Gasteiger partial charge in [0.1, 0.15) is 5.60 Å². The van der Waals surface area contributed by atoms with Crippen LogP contribution in [0.25, 0.3) is 0 Å². The van der Waals surface area contributed by atoms with Gasteiger partial charge in [-0.05, 0) is 26.5 Å². The normalized spacial score (nSPS) is 20.2. The van der Waals surface area contributed by atoms with Crippen molar-refractivity contribution in [3.8, 4) is 0 Å². The molecule has 0 aromatic carbocycles. The van der Waals surface area contributed by atoms with E-state index in [4.69, 9.17) is 4.74 Å². The van der Waals surface area contributed by atoms with E-state index in [1.54, 1.807) is 6.92 Å². The van der Waals surface area contributed by atoms with Crippen LogP contribution in [0.3, 0.4) is 0 Å². The molecule has 0 radical (unpaired) electrons.